The van der Waals surface area contributed by atoms with Gasteiger partial charge in [-0.1, -0.05) is 18.2 Å². The number of hydrogen-bond donors (Lipinski definition) is 2. The molecule has 4 nitrogen and oxygen atoms in total. The average Bonchev–Trinajstić information content (AvgIpc) is 3.10. The highest BCUT2D eigenvalue weighted by Crippen LogP contribution is 2.36. The third-order valence-electron chi connectivity index (χ3n) is 3.40. The zero-order valence-corrected chi connectivity index (χ0v) is 12.8. The summed E-state index contributed by atoms with van der Waals surface area (Å²) in [6.45, 7) is 1.73. The maximum absolute atomic E-state index is 13.4. The van der Waals surface area contributed by atoms with Crippen LogP contribution >= 0.6 is 11.5 Å². The SMILES string of the molecule is Cc1cc(C(=O)NC(c2c[nH]c3ccccc23)C(F)(F)F)ns1. The van der Waals surface area contributed by atoms with Crippen molar-refractivity contribution in [3.05, 3.63) is 52.7 Å². The molecule has 0 saturated carbocycles. The van der Waals surface area contributed by atoms with Crippen molar-refractivity contribution in [3.8, 4) is 0 Å². The van der Waals surface area contributed by atoms with Crippen molar-refractivity contribution in [1.82, 2.24) is 14.7 Å². The summed E-state index contributed by atoms with van der Waals surface area (Å²) in [5.74, 6) is -0.845. The molecule has 0 spiro atoms. The molecule has 1 aromatic carbocycles. The molecule has 2 aromatic heterocycles. The van der Waals surface area contributed by atoms with Gasteiger partial charge in [0.1, 0.15) is 5.69 Å². The first-order chi connectivity index (χ1) is 10.9. The minimum Gasteiger partial charge on any atom is -0.361 e. The Labute approximate surface area is 133 Å². The van der Waals surface area contributed by atoms with E-state index < -0.39 is 18.1 Å². The van der Waals surface area contributed by atoms with E-state index in [0.717, 1.165) is 16.4 Å². The van der Waals surface area contributed by atoms with Gasteiger partial charge in [-0.05, 0) is 30.6 Å². The van der Waals surface area contributed by atoms with Crippen LogP contribution in [0.4, 0.5) is 13.2 Å². The fraction of sp³-hybridized carbons (Fsp3) is 0.200. The zero-order valence-electron chi connectivity index (χ0n) is 11.9. The Morgan fingerprint density at radius 3 is 2.74 bits per heavy atom. The second kappa shape index (κ2) is 5.69. The summed E-state index contributed by atoms with van der Waals surface area (Å²) in [6.07, 6.45) is -3.35. The summed E-state index contributed by atoms with van der Waals surface area (Å²) in [5.41, 5.74) is 0.547. The highest BCUT2D eigenvalue weighted by molar-refractivity contribution is 7.05. The quantitative estimate of drug-likeness (QED) is 0.759. The predicted octanol–water partition coefficient (Wildman–Crippen LogP) is 3.97. The number of amides is 1. The molecule has 2 heterocycles. The number of nitrogens with one attached hydrogen (secondary N) is 2. The zero-order chi connectivity index (χ0) is 16.6. The van der Waals surface area contributed by atoms with E-state index in [4.69, 9.17) is 0 Å². The Hall–Kier alpha value is -2.35. The smallest absolute Gasteiger partial charge is 0.361 e. The number of H-pyrrole nitrogens is 1. The van der Waals surface area contributed by atoms with Gasteiger partial charge in [-0.2, -0.15) is 17.5 Å². The lowest BCUT2D eigenvalue weighted by atomic mass is 10.1. The van der Waals surface area contributed by atoms with E-state index >= 15 is 0 Å². The van der Waals surface area contributed by atoms with E-state index in [9.17, 15) is 18.0 Å². The summed E-state index contributed by atoms with van der Waals surface area (Å²) in [5, 5.41) is 2.46. The van der Waals surface area contributed by atoms with Crippen LogP contribution in [0.2, 0.25) is 0 Å². The summed E-state index contributed by atoms with van der Waals surface area (Å²) in [7, 11) is 0. The highest BCUT2D eigenvalue weighted by atomic mass is 32.1. The molecule has 0 aliphatic rings. The number of nitrogens with zero attached hydrogens (tertiary/aromatic N) is 1. The maximum atomic E-state index is 13.4. The van der Waals surface area contributed by atoms with Crippen LogP contribution in [0, 0.1) is 6.92 Å². The van der Waals surface area contributed by atoms with Crippen molar-refractivity contribution in [1.29, 1.82) is 0 Å². The molecule has 3 rings (SSSR count). The van der Waals surface area contributed by atoms with Crippen LogP contribution in [0.5, 0.6) is 0 Å². The molecule has 8 heteroatoms. The van der Waals surface area contributed by atoms with Gasteiger partial charge in [0.25, 0.3) is 5.91 Å². The molecule has 1 atom stereocenters. The number of hydrogen-bond acceptors (Lipinski definition) is 3. The first kappa shape index (κ1) is 15.5. The van der Waals surface area contributed by atoms with Crippen LogP contribution in [-0.4, -0.2) is 21.4 Å². The van der Waals surface area contributed by atoms with E-state index in [1.165, 1.54) is 12.3 Å². The van der Waals surface area contributed by atoms with Gasteiger partial charge in [-0.15, -0.1) is 0 Å². The Bertz CT molecular complexity index is 853. The number of alkyl halides is 3. The number of aromatic nitrogens is 2. The fourth-order valence-corrected chi connectivity index (χ4v) is 2.89. The van der Waals surface area contributed by atoms with Gasteiger partial charge in [0.15, 0.2) is 6.04 Å². The molecule has 0 saturated heterocycles. The van der Waals surface area contributed by atoms with Crippen LogP contribution in [0.3, 0.4) is 0 Å². The number of rotatable bonds is 3. The molecular weight excluding hydrogens is 327 g/mol. The number of para-hydroxylation sites is 1. The van der Waals surface area contributed by atoms with Gasteiger partial charge in [0.2, 0.25) is 0 Å². The Morgan fingerprint density at radius 1 is 1.35 bits per heavy atom. The van der Waals surface area contributed by atoms with E-state index in [-0.39, 0.29) is 11.3 Å². The molecule has 0 radical (unpaired) electrons. The van der Waals surface area contributed by atoms with Crippen LogP contribution in [0.25, 0.3) is 10.9 Å². The van der Waals surface area contributed by atoms with Gasteiger partial charge in [0, 0.05) is 27.5 Å². The Kier molecular flexibility index (Phi) is 3.85. The highest BCUT2D eigenvalue weighted by Gasteiger charge is 2.43. The second-order valence-corrected chi connectivity index (χ2v) is 6.07. The third-order valence-corrected chi connectivity index (χ3v) is 4.09. The van der Waals surface area contributed by atoms with Crippen molar-refractivity contribution in [2.45, 2.75) is 19.1 Å². The maximum Gasteiger partial charge on any atom is 0.412 e. The summed E-state index contributed by atoms with van der Waals surface area (Å²) in [6, 6.07) is 5.99. The van der Waals surface area contributed by atoms with Gasteiger partial charge >= 0.3 is 6.18 Å². The number of benzene rings is 1. The molecule has 0 aliphatic carbocycles. The molecule has 1 amide bonds. The van der Waals surface area contributed by atoms with E-state index in [1.54, 1.807) is 31.2 Å². The summed E-state index contributed by atoms with van der Waals surface area (Å²) in [4.78, 5) is 15.6. The molecule has 120 valence electrons. The molecule has 0 aliphatic heterocycles. The fourth-order valence-electron chi connectivity index (χ4n) is 2.35. The first-order valence-corrected chi connectivity index (χ1v) is 7.50. The number of aryl methyl sites for hydroxylation is 1. The topological polar surface area (TPSA) is 57.8 Å². The van der Waals surface area contributed by atoms with E-state index in [2.05, 4.69) is 9.36 Å². The molecule has 23 heavy (non-hydrogen) atoms. The molecular formula is C15H12F3N3OS. The van der Waals surface area contributed by atoms with E-state index in [1.807, 2.05) is 5.32 Å². The normalized spacial score (nSPS) is 13.2. The van der Waals surface area contributed by atoms with Crippen LogP contribution in [-0.2, 0) is 0 Å². The van der Waals surface area contributed by atoms with Crippen molar-refractivity contribution in [2.75, 3.05) is 0 Å². The van der Waals surface area contributed by atoms with Crippen molar-refractivity contribution >= 4 is 28.3 Å². The molecule has 3 aromatic rings. The van der Waals surface area contributed by atoms with Gasteiger partial charge in [-0.3, -0.25) is 4.79 Å². The number of carbonyl (C=O) groups excluding carboxylic acids is 1. The Morgan fingerprint density at radius 2 is 2.09 bits per heavy atom. The average molecular weight is 339 g/mol. The monoisotopic (exact) mass is 339 g/mol. The molecule has 0 bridgehead atoms. The molecule has 1 unspecified atom stereocenters. The van der Waals surface area contributed by atoms with Crippen molar-refractivity contribution < 1.29 is 18.0 Å². The van der Waals surface area contributed by atoms with Gasteiger partial charge in [-0.25, -0.2) is 0 Å². The molecule has 0 fully saturated rings. The van der Waals surface area contributed by atoms with Crippen LogP contribution < -0.4 is 5.32 Å². The first-order valence-electron chi connectivity index (χ1n) is 6.73. The lowest BCUT2D eigenvalue weighted by Gasteiger charge is -2.21. The molecule has 2 N–H and O–H groups in total. The third kappa shape index (κ3) is 3.07. The van der Waals surface area contributed by atoms with Gasteiger partial charge in [0.05, 0.1) is 0 Å². The second-order valence-electron chi connectivity index (χ2n) is 5.06. The summed E-state index contributed by atoms with van der Waals surface area (Å²) >= 11 is 1.07. The predicted molar refractivity (Wildman–Crippen MR) is 81.4 cm³/mol. The van der Waals surface area contributed by atoms with Crippen LogP contribution in [0.1, 0.15) is 27.0 Å². The van der Waals surface area contributed by atoms with Crippen LogP contribution in [0.15, 0.2) is 36.5 Å². The number of aromatic amines is 1. The van der Waals surface area contributed by atoms with Crippen molar-refractivity contribution in [3.63, 3.8) is 0 Å². The summed E-state index contributed by atoms with van der Waals surface area (Å²) < 4.78 is 44.2. The van der Waals surface area contributed by atoms with E-state index in [0.29, 0.717) is 10.9 Å². The lowest BCUT2D eigenvalue weighted by Crippen LogP contribution is -2.38. The Balaban J connectivity index is 1.97. The van der Waals surface area contributed by atoms with Gasteiger partial charge < -0.3 is 10.3 Å². The number of fused-ring (bicyclic) bond motifs is 1. The largest absolute Gasteiger partial charge is 0.412 e. The standard InChI is InChI=1S/C15H12F3N3OS/c1-8-6-12(21-23-8)14(22)20-13(15(16,17)18)10-7-19-11-5-3-2-4-9(10)11/h2-7,13,19H,1H3,(H,20,22). The lowest BCUT2D eigenvalue weighted by molar-refractivity contribution is -0.155. The number of halogens is 3. The number of carbonyl (C=O) groups is 1. The van der Waals surface area contributed by atoms with Crippen molar-refractivity contribution in [2.24, 2.45) is 0 Å². The minimum atomic E-state index is -4.62. The minimum absolute atomic E-state index is 0.0124.